The van der Waals surface area contributed by atoms with Gasteiger partial charge in [0.2, 0.25) is 0 Å². The van der Waals surface area contributed by atoms with Crippen LogP contribution < -0.4 is 5.73 Å². The van der Waals surface area contributed by atoms with E-state index >= 15 is 0 Å². The molecule has 0 aromatic heterocycles. The Balaban J connectivity index is 0.000000292. The van der Waals surface area contributed by atoms with Crippen molar-refractivity contribution in [2.45, 2.75) is 26.2 Å². The number of nitrogens with two attached hydrogens (primary N) is 1. The molecule has 1 aliphatic carbocycles. The Labute approximate surface area is 79.5 Å². The van der Waals surface area contributed by atoms with Crippen molar-refractivity contribution in [3.05, 3.63) is 11.6 Å². The lowest BCUT2D eigenvalue weighted by molar-refractivity contribution is 0.922. The van der Waals surface area contributed by atoms with Crippen LogP contribution in [0.15, 0.2) is 11.6 Å². The van der Waals surface area contributed by atoms with E-state index in [0.29, 0.717) is 0 Å². The molecule has 0 aromatic rings. The van der Waals surface area contributed by atoms with Crippen LogP contribution in [-0.4, -0.2) is 10.7 Å². The molecule has 0 unspecified atom stereocenters. The molecule has 0 atom stereocenters. The van der Waals surface area contributed by atoms with Crippen molar-refractivity contribution < 1.29 is 0 Å². The third-order valence-electron chi connectivity index (χ3n) is 1.32. The van der Waals surface area contributed by atoms with Crippen molar-refractivity contribution >= 4 is 29.0 Å². The smallest absolute Gasteiger partial charge is 0.0704 e. The maximum absolute atomic E-state index is 4.85. The second-order valence-corrected chi connectivity index (χ2v) is 3.49. The van der Waals surface area contributed by atoms with Crippen molar-refractivity contribution in [2.75, 3.05) is 6.54 Å². The van der Waals surface area contributed by atoms with Gasteiger partial charge in [0, 0.05) is 0 Å². The lowest BCUT2D eigenvalue weighted by Crippen LogP contribution is -1.87. The van der Waals surface area contributed by atoms with E-state index in [1.54, 1.807) is 0 Å². The fraction of sp³-hybridized carbons (Fsp3) is 0.625. The number of thiocarbonyl (C=S) groups is 1. The third-order valence-corrected chi connectivity index (χ3v) is 1.87. The van der Waals surface area contributed by atoms with Crippen LogP contribution in [0.3, 0.4) is 0 Å². The molecule has 0 bridgehead atoms. The summed E-state index contributed by atoms with van der Waals surface area (Å²) in [4.78, 5) is 0. The molecule has 2 N–H and O–H groups in total. The number of hydrogen-bond acceptors (Lipinski definition) is 2. The Morgan fingerprint density at radius 3 is 2.55 bits per heavy atom. The predicted octanol–water partition coefficient (Wildman–Crippen LogP) is 2.32. The summed E-state index contributed by atoms with van der Waals surface area (Å²) >= 11 is 8.91. The second kappa shape index (κ2) is 6.83. The van der Waals surface area contributed by atoms with Gasteiger partial charge in [0.05, 0.1) is 4.20 Å². The minimum atomic E-state index is 0.750. The largest absolute Gasteiger partial charge is 0.331 e. The summed E-state index contributed by atoms with van der Waals surface area (Å²) in [5.74, 6) is 0. The van der Waals surface area contributed by atoms with Gasteiger partial charge in [-0.15, -0.1) is 12.6 Å². The van der Waals surface area contributed by atoms with E-state index in [0.717, 1.165) is 17.2 Å². The van der Waals surface area contributed by atoms with Gasteiger partial charge < -0.3 is 5.73 Å². The quantitative estimate of drug-likeness (QED) is 0.489. The molecule has 0 radical (unpaired) electrons. The van der Waals surface area contributed by atoms with E-state index in [-0.39, 0.29) is 0 Å². The molecular formula is C8H15NS2. The van der Waals surface area contributed by atoms with Gasteiger partial charge in [-0.25, -0.2) is 0 Å². The Kier molecular flexibility index (Phi) is 6.91. The molecular weight excluding hydrogens is 174 g/mol. The SMILES string of the molecule is CCN.S=C(S)C1=CCCC1. The van der Waals surface area contributed by atoms with Crippen LogP contribution >= 0.6 is 24.8 Å². The average Bonchev–Trinajstić information content (AvgIpc) is 2.38. The summed E-state index contributed by atoms with van der Waals surface area (Å²) in [6, 6.07) is 0. The van der Waals surface area contributed by atoms with Crippen molar-refractivity contribution in [1.82, 2.24) is 0 Å². The highest BCUT2D eigenvalue weighted by atomic mass is 32.1. The molecule has 64 valence electrons. The van der Waals surface area contributed by atoms with Crippen LogP contribution in [0.2, 0.25) is 0 Å². The molecule has 3 heteroatoms. The maximum atomic E-state index is 4.85. The lowest BCUT2D eigenvalue weighted by atomic mass is 10.3. The first kappa shape index (κ1) is 11.1. The van der Waals surface area contributed by atoms with Crippen molar-refractivity contribution in [3.8, 4) is 0 Å². The van der Waals surface area contributed by atoms with Crippen molar-refractivity contribution in [2.24, 2.45) is 5.73 Å². The Bertz CT molecular complexity index is 152. The number of hydrogen-bond donors (Lipinski definition) is 2. The molecule has 0 aromatic carbocycles. The zero-order chi connectivity index (χ0) is 8.69. The second-order valence-electron chi connectivity index (χ2n) is 2.33. The van der Waals surface area contributed by atoms with Crippen LogP contribution in [0.25, 0.3) is 0 Å². The highest BCUT2D eigenvalue weighted by molar-refractivity contribution is 8.11. The standard InChI is InChI=1S/C6H8S2.C2H7N/c7-6(8)5-3-1-2-4-5;1-2-3/h3H,1-2,4H2,(H,7,8);2-3H2,1H3. The Morgan fingerprint density at radius 1 is 1.82 bits per heavy atom. The first-order valence-electron chi connectivity index (χ1n) is 3.84. The van der Waals surface area contributed by atoms with E-state index in [1.165, 1.54) is 18.4 Å². The lowest BCUT2D eigenvalue weighted by Gasteiger charge is -1.91. The van der Waals surface area contributed by atoms with Gasteiger partial charge in [-0.05, 0) is 31.4 Å². The van der Waals surface area contributed by atoms with Crippen LogP contribution in [0.4, 0.5) is 0 Å². The van der Waals surface area contributed by atoms with Crippen molar-refractivity contribution in [1.29, 1.82) is 0 Å². The molecule has 1 rings (SSSR count). The Morgan fingerprint density at radius 2 is 2.36 bits per heavy atom. The molecule has 0 aliphatic heterocycles. The van der Waals surface area contributed by atoms with Crippen LogP contribution in [0, 0.1) is 0 Å². The summed E-state index contributed by atoms with van der Waals surface area (Å²) in [5, 5.41) is 0. The van der Waals surface area contributed by atoms with Gasteiger partial charge in [0.25, 0.3) is 0 Å². The van der Waals surface area contributed by atoms with E-state index in [4.69, 9.17) is 18.0 Å². The minimum absolute atomic E-state index is 0.750. The van der Waals surface area contributed by atoms with Crippen LogP contribution in [0.5, 0.6) is 0 Å². The topological polar surface area (TPSA) is 26.0 Å². The normalized spacial score (nSPS) is 15.0. The molecule has 11 heavy (non-hydrogen) atoms. The number of allylic oxidation sites excluding steroid dienone is 1. The van der Waals surface area contributed by atoms with E-state index < -0.39 is 0 Å². The fourth-order valence-corrected chi connectivity index (χ4v) is 1.25. The van der Waals surface area contributed by atoms with Gasteiger partial charge in [0.15, 0.2) is 0 Å². The molecule has 0 spiro atoms. The molecule has 1 aliphatic rings. The van der Waals surface area contributed by atoms with E-state index in [2.05, 4.69) is 18.7 Å². The summed E-state index contributed by atoms with van der Waals surface area (Å²) in [6.07, 6.45) is 5.77. The summed E-state index contributed by atoms with van der Waals surface area (Å²) in [5.41, 5.74) is 6.11. The fourth-order valence-electron chi connectivity index (χ4n) is 0.865. The van der Waals surface area contributed by atoms with Crippen LogP contribution in [0.1, 0.15) is 26.2 Å². The molecule has 0 amide bonds. The first-order chi connectivity index (χ1) is 5.22. The number of rotatable bonds is 1. The van der Waals surface area contributed by atoms with Gasteiger partial charge in [-0.2, -0.15) is 0 Å². The average molecular weight is 189 g/mol. The zero-order valence-corrected chi connectivity index (χ0v) is 8.55. The van der Waals surface area contributed by atoms with Crippen molar-refractivity contribution in [3.63, 3.8) is 0 Å². The van der Waals surface area contributed by atoms with E-state index in [9.17, 15) is 0 Å². The minimum Gasteiger partial charge on any atom is -0.331 e. The third kappa shape index (κ3) is 5.41. The monoisotopic (exact) mass is 189 g/mol. The molecule has 0 fully saturated rings. The zero-order valence-electron chi connectivity index (χ0n) is 6.84. The number of thiol groups is 1. The molecule has 1 nitrogen and oxygen atoms in total. The van der Waals surface area contributed by atoms with Gasteiger partial charge in [0.1, 0.15) is 0 Å². The van der Waals surface area contributed by atoms with Gasteiger partial charge in [-0.1, -0.05) is 25.2 Å². The summed E-state index contributed by atoms with van der Waals surface area (Å²) < 4.78 is 0.780. The maximum Gasteiger partial charge on any atom is 0.0704 e. The van der Waals surface area contributed by atoms with Gasteiger partial charge >= 0.3 is 0 Å². The molecule has 0 heterocycles. The molecule has 0 saturated carbocycles. The Hall–Kier alpha value is 0.140. The summed E-state index contributed by atoms with van der Waals surface area (Å²) in [7, 11) is 0. The molecule has 0 saturated heterocycles. The first-order valence-corrected chi connectivity index (χ1v) is 4.70. The van der Waals surface area contributed by atoms with Crippen LogP contribution in [-0.2, 0) is 0 Å². The van der Waals surface area contributed by atoms with E-state index in [1.807, 2.05) is 6.92 Å². The highest BCUT2D eigenvalue weighted by Crippen LogP contribution is 2.19. The summed E-state index contributed by atoms with van der Waals surface area (Å²) in [6.45, 7) is 2.65. The highest BCUT2D eigenvalue weighted by Gasteiger charge is 2.04. The predicted molar refractivity (Wildman–Crippen MR) is 58.2 cm³/mol. The van der Waals surface area contributed by atoms with Gasteiger partial charge in [-0.3, -0.25) is 0 Å².